The van der Waals surface area contributed by atoms with E-state index in [2.05, 4.69) is 0 Å². The fraction of sp³-hybridized carbons (Fsp3) is 0.263. The van der Waals surface area contributed by atoms with Crippen LogP contribution in [0, 0.1) is 0 Å². The summed E-state index contributed by atoms with van der Waals surface area (Å²) in [6.45, 7) is 0. The standard InChI is InChI=1S/C19H16O11/c20-7-2-1-3-8-10(7)11(21)6-4-5-9(12(22)16(6)28-8)29-19-15(25)13(23)14(24)17(30-19)18(26)27/h1-5,13-15,17,19-20,22-25H,(H,26,27)/t13-,14-,15+,17-,19+/m0/s1. The molecule has 0 radical (unpaired) electrons. The van der Waals surface area contributed by atoms with Gasteiger partial charge in [0.2, 0.25) is 17.5 Å². The van der Waals surface area contributed by atoms with Crippen LogP contribution in [0.1, 0.15) is 0 Å². The summed E-state index contributed by atoms with van der Waals surface area (Å²) in [7, 11) is 0. The third-order valence-electron chi connectivity index (χ3n) is 4.84. The summed E-state index contributed by atoms with van der Waals surface area (Å²) in [5.74, 6) is -2.89. The number of rotatable bonds is 3. The number of aliphatic hydroxyl groups excluding tert-OH is 3. The topological polar surface area (TPSA) is 187 Å². The Morgan fingerprint density at radius 2 is 1.73 bits per heavy atom. The lowest BCUT2D eigenvalue weighted by atomic mass is 9.99. The van der Waals surface area contributed by atoms with Gasteiger partial charge in [-0.3, -0.25) is 4.79 Å². The average Bonchev–Trinajstić information content (AvgIpc) is 2.70. The summed E-state index contributed by atoms with van der Waals surface area (Å²) in [6.07, 6.45) is -9.28. The molecule has 1 aliphatic heterocycles. The normalized spacial score (nSPS) is 26.7. The molecule has 11 heteroatoms. The Morgan fingerprint density at radius 1 is 1.00 bits per heavy atom. The van der Waals surface area contributed by atoms with Crippen LogP contribution in [0.25, 0.3) is 21.9 Å². The van der Waals surface area contributed by atoms with E-state index in [9.17, 15) is 35.1 Å². The summed E-state index contributed by atoms with van der Waals surface area (Å²) in [6, 6.07) is 6.53. The zero-order chi connectivity index (χ0) is 21.7. The van der Waals surface area contributed by atoms with Gasteiger partial charge in [0.05, 0.1) is 5.39 Å². The number of ether oxygens (including phenoxy) is 2. The first-order chi connectivity index (χ1) is 14.2. The second-order valence-corrected chi connectivity index (χ2v) is 6.72. The number of fused-ring (bicyclic) bond motifs is 2. The third kappa shape index (κ3) is 3.00. The maximum absolute atomic E-state index is 12.6. The Morgan fingerprint density at radius 3 is 2.43 bits per heavy atom. The molecule has 30 heavy (non-hydrogen) atoms. The first-order valence-corrected chi connectivity index (χ1v) is 8.70. The Labute approximate surface area is 166 Å². The lowest BCUT2D eigenvalue weighted by molar-refractivity contribution is -0.271. The summed E-state index contributed by atoms with van der Waals surface area (Å²) >= 11 is 0. The number of hydrogen-bond donors (Lipinski definition) is 6. The van der Waals surface area contributed by atoms with Crippen LogP contribution in [0.5, 0.6) is 17.2 Å². The highest BCUT2D eigenvalue weighted by atomic mass is 16.7. The van der Waals surface area contributed by atoms with Crippen LogP contribution < -0.4 is 10.2 Å². The van der Waals surface area contributed by atoms with Crippen LogP contribution in [0.2, 0.25) is 0 Å². The highest BCUT2D eigenvalue weighted by molar-refractivity contribution is 5.95. The molecule has 0 unspecified atom stereocenters. The minimum absolute atomic E-state index is 0.00149. The van der Waals surface area contributed by atoms with E-state index < -0.39 is 47.9 Å². The van der Waals surface area contributed by atoms with Gasteiger partial charge in [-0.15, -0.1) is 0 Å². The average molecular weight is 420 g/mol. The van der Waals surface area contributed by atoms with Crippen molar-refractivity contribution in [2.75, 3.05) is 0 Å². The lowest BCUT2D eigenvalue weighted by Gasteiger charge is -2.38. The number of aromatic hydroxyl groups is 2. The lowest BCUT2D eigenvalue weighted by Crippen LogP contribution is -2.61. The first-order valence-electron chi connectivity index (χ1n) is 8.70. The molecule has 0 spiro atoms. The third-order valence-corrected chi connectivity index (χ3v) is 4.84. The van der Waals surface area contributed by atoms with E-state index in [1.807, 2.05) is 0 Å². The largest absolute Gasteiger partial charge is 0.507 e. The van der Waals surface area contributed by atoms with E-state index in [0.717, 1.165) is 6.07 Å². The van der Waals surface area contributed by atoms with Gasteiger partial charge in [-0.1, -0.05) is 6.07 Å². The number of aliphatic carboxylic acids is 1. The molecule has 0 saturated carbocycles. The smallest absolute Gasteiger partial charge is 0.335 e. The molecule has 0 bridgehead atoms. The van der Waals surface area contributed by atoms with Gasteiger partial charge in [-0.2, -0.15) is 0 Å². The number of benzene rings is 2. The number of hydrogen-bond acceptors (Lipinski definition) is 10. The number of carboxylic acid groups (broad SMARTS) is 1. The maximum Gasteiger partial charge on any atom is 0.335 e. The van der Waals surface area contributed by atoms with E-state index in [0.29, 0.717) is 0 Å². The zero-order valence-electron chi connectivity index (χ0n) is 15.0. The van der Waals surface area contributed by atoms with Crippen molar-refractivity contribution in [3.63, 3.8) is 0 Å². The van der Waals surface area contributed by atoms with Gasteiger partial charge < -0.3 is 44.5 Å². The second-order valence-electron chi connectivity index (χ2n) is 6.72. The summed E-state index contributed by atoms with van der Waals surface area (Å²) in [5, 5.41) is 59.0. The van der Waals surface area contributed by atoms with E-state index >= 15 is 0 Å². The molecule has 5 atom stereocenters. The van der Waals surface area contributed by atoms with Gasteiger partial charge >= 0.3 is 5.97 Å². The number of aliphatic hydroxyl groups is 3. The monoisotopic (exact) mass is 420 g/mol. The van der Waals surface area contributed by atoms with Crippen molar-refractivity contribution in [2.45, 2.75) is 30.7 Å². The number of carbonyl (C=O) groups is 1. The number of phenols is 2. The highest BCUT2D eigenvalue weighted by Crippen LogP contribution is 2.37. The van der Waals surface area contributed by atoms with Gasteiger partial charge in [-0.25, -0.2) is 4.79 Å². The molecular formula is C19H16O11. The van der Waals surface area contributed by atoms with Crippen molar-refractivity contribution < 1.29 is 49.3 Å². The van der Waals surface area contributed by atoms with Gasteiger partial charge in [0.15, 0.2) is 17.4 Å². The molecule has 1 aliphatic rings. The van der Waals surface area contributed by atoms with Gasteiger partial charge in [0, 0.05) is 0 Å². The van der Waals surface area contributed by atoms with E-state index in [-0.39, 0.29) is 33.4 Å². The Balaban J connectivity index is 1.77. The maximum atomic E-state index is 12.6. The Kier molecular flexibility index (Phi) is 4.74. The van der Waals surface area contributed by atoms with E-state index in [4.69, 9.17) is 19.0 Å². The molecule has 158 valence electrons. The second kappa shape index (κ2) is 7.15. The van der Waals surface area contributed by atoms with Crippen LogP contribution in [-0.4, -0.2) is 67.3 Å². The minimum atomic E-state index is -1.90. The van der Waals surface area contributed by atoms with Crippen molar-refractivity contribution >= 4 is 27.9 Å². The Bertz CT molecular complexity index is 1200. The molecule has 1 fully saturated rings. The molecule has 2 aromatic carbocycles. The summed E-state index contributed by atoms with van der Waals surface area (Å²) in [5.41, 5.74) is -0.890. The fourth-order valence-electron chi connectivity index (χ4n) is 3.28. The highest BCUT2D eigenvalue weighted by Gasteiger charge is 2.48. The van der Waals surface area contributed by atoms with Crippen LogP contribution in [0.4, 0.5) is 0 Å². The van der Waals surface area contributed by atoms with Crippen LogP contribution in [0.15, 0.2) is 39.5 Å². The molecular weight excluding hydrogens is 404 g/mol. The number of carboxylic acids is 1. The quantitative estimate of drug-likeness (QED) is 0.303. The molecule has 3 aromatic rings. The summed E-state index contributed by atoms with van der Waals surface area (Å²) in [4.78, 5) is 23.8. The molecule has 1 aromatic heterocycles. The van der Waals surface area contributed by atoms with Crippen molar-refractivity contribution in [1.82, 2.24) is 0 Å². The zero-order valence-corrected chi connectivity index (χ0v) is 15.0. The predicted octanol–water partition coefficient (Wildman–Crippen LogP) is -0.372. The molecule has 1 saturated heterocycles. The van der Waals surface area contributed by atoms with Gasteiger partial charge in [0.25, 0.3) is 0 Å². The van der Waals surface area contributed by atoms with Gasteiger partial charge in [-0.05, 0) is 24.3 Å². The molecule has 0 aliphatic carbocycles. The first kappa shape index (κ1) is 19.9. The molecule has 0 amide bonds. The molecule has 6 N–H and O–H groups in total. The molecule has 2 heterocycles. The number of phenolic OH excluding ortho intramolecular Hbond substituents is 2. The van der Waals surface area contributed by atoms with Crippen molar-refractivity contribution in [2.24, 2.45) is 0 Å². The van der Waals surface area contributed by atoms with Crippen LogP contribution in [0.3, 0.4) is 0 Å². The minimum Gasteiger partial charge on any atom is -0.507 e. The van der Waals surface area contributed by atoms with Crippen molar-refractivity contribution in [3.05, 3.63) is 40.6 Å². The molecule has 4 rings (SSSR count). The SMILES string of the molecule is O=C(O)[C@H]1O[C@@H](Oc2ccc3c(=O)c4c(O)cccc4oc3c2O)[C@H](O)[C@@H](O)[C@@H]1O. The van der Waals surface area contributed by atoms with E-state index in [1.54, 1.807) is 0 Å². The van der Waals surface area contributed by atoms with E-state index in [1.165, 1.54) is 24.3 Å². The van der Waals surface area contributed by atoms with Crippen LogP contribution in [-0.2, 0) is 9.53 Å². The van der Waals surface area contributed by atoms with Crippen LogP contribution >= 0.6 is 0 Å². The van der Waals surface area contributed by atoms with Crippen molar-refractivity contribution in [3.8, 4) is 17.2 Å². The van der Waals surface area contributed by atoms with Gasteiger partial charge in [0.1, 0.15) is 35.0 Å². The summed E-state index contributed by atoms with van der Waals surface area (Å²) < 4.78 is 15.8. The fourth-order valence-corrected chi connectivity index (χ4v) is 3.28. The Hall–Kier alpha value is -3.38. The molecule has 11 nitrogen and oxygen atoms in total. The van der Waals surface area contributed by atoms with Crippen molar-refractivity contribution in [1.29, 1.82) is 0 Å². The predicted molar refractivity (Wildman–Crippen MR) is 98.3 cm³/mol.